The Morgan fingerprint density at radius 3 is 2.72 bits per heavy atom. The van der Waals surface area contributed by atoms with Crippen molar-refractivity contribution in [3.8, 4) is 0 Å². The fourth-order valence-corrected chi connectivity index (χ4v) is 1.78. The van der Waals surface area contributed by atoms with Crippen molar-refractivity contribution in [2.45, 2.75) is 25.8 Å². The first-order chi connectivity index (χ1) is 8.56. The Labute approximate surface area is 109 Å². The van der Waals surface area contributed by atoms with Crippen molar-refractivity contribution in [1.82, 2.24) is 4.90 Å². The number of benzene rings is 1. The highest BCUT2D eigenvalue weighted by molar-refractivity contribution is 5.76. The number of hydrogen-bond donors (Lipinski definition) is 1. The summed E-state index contributed by atoms with van der Waals surface area (Å²) in [4.78, 5) is 13.7. The number of carbonyl (C=O) groups excluding carboxylic acids is 1. The highest BCUT2D eigenvalue weighted by Gasteiger charge is 2.15. The molecule has 0 aliphatic heterocycles. The zero-order valence-electron chi connectivity index (χ0n) is 11.3. The number of rotatable bonds is 6. The maximum atomic E-state index is 12.0. The van der Waals surface area contributed by atoms with Crippen LogP contribution < -0.4 is 5.73 Å². The normalized spacial score (nSPS) is 12.2. The molecule has 0 aromatic heterocycles. The van der Waals surface area contributed by atoms with Crippen molar-refractivity contribution >= 4 is 11.6 Å². The summed E-state index contributed by atoms with van der Waals surface area (Å²) in [5, 5.41) is 0. The first-order valence-electron chi connectivity index (χ1n) is 6.14. The second-order valence-corrected chi connectivity index (χ2v) is 4.51. The molecular weight excluding hydrogens is 228 g/mol. The van der Waals surface area contributed by atoms with Gasteiger partial charge < -0.3 is 15.4 Å². The molecule has 1 amide bonds. The lowest BCUT2D eigenvalue weighted by Crippen LogP contribution is -2.37. The first-order valence-corrected chi connectivity index (χ1v) is 6.14. The molecule has 4 nitrogen and oxygen atoms in total. The van der Waals surface area contributed by atoms with Gasteiger partial charge in [0, 0.05) is 26.3 Å². The van der Waals surface area contributed by atoms with E-state index in [2.05, 4.69) is 0 Å². The van der Waals surface area contributed by atoms with Crippen LogP contribution in [-0.2, 0) is 16.0 Å². The molecule has 1 atom stereocenters. The molecule has 0 heterocycles. The molecule has 0 spiro atoms. The number of likely N-dealkylation sites (N-methyl/N-ethyl adjacent to an activating group) is 1. The third-order valence-electron chi connectivity index (χ3n) is 3.13. The minimum atomic E-state index is 0.0932. The minimum absolute atomic E-state index is 0.0932. The van der Waals surface area contributed by atoms with Crippen molar-refractivity contribution in [3.63, 3.8) is 0 Å². The molecule has 1 rings (SSSR count). The highest BCUT2D eigenvalue weighted by atomic mass is 16.5. The molecule has 100 valence electrons. The summed E-state index contributed by atoms with van der Waals surface area (Å²) < 4.78 is 5.04. The van der Waals surface area contributed by atoms with Gasteiger partial charge in [0.2, 0.25) is 5.91 Å². The van der Waals surface area contributed by atoms with Crippen LogP contribution in [0.3, 0.4) is 0 Å². The lowest BCUT2D eigenvalue weighted by atomic mass is 10.1. The van der Waals surface area contributed by atoms with Crippen molar-refractivity contribution in [1.29, 1.82) is 0 Å². The van der Waals surface area contributed by atoms with Crippen LogP contribution >= 0.6 is 0 Å². The Balaban J connectivity index is 2.48. The number of aryl methyl sites for hydroxylation is 1. The molecule has 0 saturated carbocycles. The van der Waals surface area contributed by atoms with Gasteiger partial charge in [0.25, 0.3) is 0 Å². The Hall–Kier alpha value is -1.55. The average Bonchev–Trinajstić information content (AvgIpc) is 2.36. The van der Waals surface area contributed by atoms with E-state index in [1.54, 1.807) is 19.1 Å². The summed E-state index contributed by atoms with van der Waals surface area (Å²) in [6.07, 6.45) is 1.15. The number of nitrogen functional groups attached to an aromatic ring is 1. The molecule has 0 bridgehead atoms. The predicted octanol–water partition coefficient (Wildman–Crippen LogP) is 1.69. The molecule has 0 aliphatic rings. The molecule has 0 saturated heterocycles. The van der Waals surface area contributed by atoms with E-state index < -0.39 is 0 Å². The van der Waals surface area contributed by atoms with Crippen LogP contribution in [0, 0.1) is 0 Å². The first kappa shape index (κ1) is 14.5. The van der Waals surface area contributed by atoms with Crippen LogP contribution in [0.2, 0.25) is 0 Å². The Bertz CT molecular complexity index is 393. The van der Waals surface area contributed by atoms with Crippen molar-refractivity contribution in [2.24, 2.45) is 0 Å². The van der Waals surface area contributed by atoms with Crippen LogP contribution in [-0.4, -0.2) is 37.6 Å². The van der Waals surface area contributed by atoms with Crippen LogP contribution in [0.4, 0.5) is 5.69 Å². The average molecular weight is 250 g/mol. The van der Waals surface area contributed by atoms with Gasteiger partial charge in [0.1, 0.15) is 0 Å². The van der Waals surface area contributed by atoms with E-state index in [0.29, 0.717) is 19.4 Å². The number of para-hydroxylation sites is 1. The molecule has 0 aliphatic carbocycles. The van der Waals surface area contributed by atoms with Crippen LogP contribution in [0.25, 0.3) is 0 Å². The zero-order chi connectivity index (χ0) is 13.5. The van der Waals surface area contributed by atoms with Crippen LogP contribution in [0.1, 0.15) is 18.9 Å². The Kier molecular flexibility index (Phi) is 5.65. The van der Waals surface area contributed by atoms with E-state index in [9.17, 15) is 4.79 Å². The number of ether oxygens (including phenoxy) is 1. The third-order valence-corrected chi connectivity index (χ3v) is 3.13. The lowest BCUT2D eigenvalue weighted by molar-refractivity contribution is -0.132. The zero-order valence-corrected chi connectivity index (χ0v) is 11.3. The molecule has 1 aromatic carbocycles. The number of methoxy groups -OCH3 is 1. The summed E-state index contributed by atoms with van der Waals surface area (Å²) in [6.45, 7) is 2.52. The molecule has 18 heavy (non-hydrogen) atoms. The van der Waals surface area contributed by atoms with E-state index in [4.69, 9.17) is 10.5 Å². The summed E-state index contributed by atoms with van der Waals surface area (Å²) >= 11 is 0. The van der Waals surface area contributed by atoms with Crippen LogP contribution in [0.5, 0.6) is 0 Å². The minimum Gasteiger partial charge on any atom is -0.399 e. The smallest absolute Gasteiger partial charge is 0.222 e. The van der Waals surface area contributed by atoms with Gasteiger partial charge in [-0.3, -0.25) is 4.79 Å². The second kappa shape index (κ2) is 7.01. The molecule has 2 N–H and O–H groups in total. The maximum absolute atomic E-state index is 12.0. The maximum Gasteiger partial charge on any atom is 0.222 e. The number of anilines is 1. The van der Waals surface area contributed by atoms with Gasteiger partial charge in [-0.1, -0.05) is 18.2 Å². The lowest BCUT2D eigenvalue weighted by Gasteiger charge is -2.24. The van der Waals surface area contributed by atoms with Gasteiger partial charge in [-0.25, -0.2) is 0 Å². The van der Waals surface area contributed by atoms with Gasteiger partial charge in [-0.05, 0) is 25.0 Å². The quantitative estimate of drug-likeness (QED) is 0.782. The van der Waals surface area contributed by atoms with Crippen molar-refractivity contribution in [2.75, 3.05) is 26.5 Å². The SMILES string of the molecule is COCC(C)N(C)C(=O)CCc1ccccc1N. The highest BCUT2D eigenvalue weighted by Crippen LogP contribution is 2.13. The van der Waals surface area contributed by atoms with E-state index >= 15 is 0 Å². The number of hydrogen-bond acceptors (Lipinski definition) is 3. The number of nitrogens with zero attached hydrogens (tertiary/aromatic N) is 1. The van der Waals surface area contributed by atoms with E-state index in [1.165, 1.54) is 0 Å². The van der Waals surface area contributed by atoms with Gasteiger partial charge in [-0.2, -0.15) is 0 Å². The number of amides is 1. The third kappa shape index (κ3) is 4.04. The molecular formula is C14H22N2O2. The summed E-state index contributed by atoms with van der Waals surface area (Å²) in [7, 11) is 3.44. The molecule has 4 heteroatoms. The van der Waals surface area contributed by atoms with Crippen LogP contribution in [0.15, 0.2) is 24.3 Å². The summed E-state index contributed by atoms with van der Waals surface area (Å²) in [6, 6.07) is 7.75. The molecule has 1 aromatic rings. The monoisotopic (exact) mass is 250 g/mol. The topological polar surface area (TPSA) is 55.6 Å². The Morgan fingerprint density at radius 1 is 1.44 bits per heavy atom. The molecule has 0 radical (unpaired) electrons. The summed E-state index contributed by atoms with van der Waals surface area (Å²) in [5.41, 5.74) is 7.62. The molecule has 1 unspecified atom stereocenters. The molecule has 0 fully saturated rings. The Morgan fingerprint density at radius 2 is 2.11 bits per heavy atom. The second-order valence-electron chi connectivity index (χ2n) is 4.51. The van der Waals surface area contributed by atoms with E-state index in [-0.39, 0.29) is 11.9 Å². The predicted molar refractivity (Wildman–Crippen MR) is 73.3 cm³/mol. The summed E-state index contributed by atoms with van der Waals surface area (Å²) in [5.74, 6) is 0.114. The fraction of sp³-hybridized carbons (Fsp3) is 0.500. The van der Waals surface area contributed by atoms with Crippen molar-refractivity contribution in [3.05, 3.63) is 29.8 Å². The largest absolute Gasteiger partial charge is 0.399 e. The van der Waals surface area contributed by atoms with Gasteiger partial charge in [0.05, 0.1) is 12.6 Å². The van der Waals surface area contributed by atoms with E-state index in [0.717, 1.165) is 11.3 Å². The van der Waals surface area contributed by atoms with Crippen molar-refractivity contribution < 1.29 is 9.53 Å². The van der Waals surface area contributed by atoms with Gasteiger partial charge >= 0.3 is 0 Å². The van der Waals surface area contributed by atoms with E-state index in [1.807, 2.05) is 31.2 Å². The fourth-order valence-electron chi connectivity index (χ4n) is 1.78. The number of carbonyl (C=O) groups is 1. The van der Waals surface area contributed by atoms with Gasteiger partial charge in [-0.15, -0.1) is 0 Å². The standard InChI is InChI=1S/C14H22N2O2/c1-11(10-18-3)16(2)14(17)9-8-12-6-4-5-7-13(12)15/h4-7,11H,8-10,15H2,1-3H3. The number of nitrogens with two attached hydrogens (primary N) is 1. The van der Waals surface area contributed by atoms with Gasteiger partial charge in [0.15, 0.2) is 0 Å².